The lowest BCUT2D eigenvalue weighted by Crippen LogP contribution is -2.07. The van der Waals surface area contributed by atoms with Gasteiger partial charge in [0.25, 0.3) is 0 Å². The molecule has 2 heteroatoms. The predicted molar refractivity (Wildman–Crippen MR) is 50.5 cm³/mol. The van der Waals surface area contributed by atoms with Crippen molar-refractivity contribution in [1.29, 1.82) is 0 Å². The van der Waals surface area contributed by atoms with Crippen LogP contribution in [0.15, 0.2) is 24.3 Å². The molecule has 0 heterocycles. The number of rotatable bonds is 0. The zero-order chi connectivity index (χ0) is 9.42. The summed E-state index contributed by atoms with van der Waals surface area (Å²) in [5, 5.41) is 9.23. The molecule has 0 saturated heterocycles. The van der Waals surface area contributed by atoms with Crippen LogP contribution in [0.3, 0.4) is 0 Å². The van der Waals surface area contributed by atoms with E-state index in [1.165, 1.54) is 0 Å². The highest BCUT2D eigenvalue weighted by molar-refractivity contribution is 6.01. The van der Waals surface area contributed by atoms with Crippen molar-refractivity contribution in [2.45, 2.75) is 13.3 Å². The maximum atomic E-state index is 11.2. The van der Waals surface area contributed by atoms with Crippen LogP contribution in [0.5, 0.6) is 5.75 Å². The minimum Gasteiger partial charge on any atom is -0.508 e. The number of fused-ring (bicyclic) bond motifs is 1. The number of carbonyl (C=O) groups excluding carboxylic acids is 1. The highest BCUT2D eigenvalue weighted by Gasteiger charge is 2.14. The monoisotopic (exact) mass is 174 g/mol. The molecule has 0 amide bonds. The second-order valence-corrected chi connectivity index (χ2v) is 3.31. The van der Waals surface area contributed by atoms with Crippen molar-refractivity contribution in [3.05, 3.63) is 35.4 Å². The van der Waals surface area contributed by atoms with Crippen LogP contribution in [0.25, 0.3) is 5.57 Å². The Hall–Kier alpha value is -1.57. The Morgan fingerprint density at radius 3 is 2.92 bits per heavy atom. The maximum absolute atomic E-state index is 11.2. The lowest BCUT2D eigenvalue weighted by molar-refractivity contribution is -0.114. The van der Waals surface area contributed by atoms with Crippen LogP contribution < -0.4 is 0 Å². The molecule has 0 unspecified atom stereocenters. The number of phenolic OH excluding ortho intramolecular Hbond substituents is 1. The topological polar surface area (TPSA) is 37.3 Å². The number of hydrogen-bond donors (Lipinski definition) is 1. The Morgan fingerprint density at radius 2 is 2.15 bits per heavy atom. The van der Waals surface area contributed by atoms with E-state index in [1.807, 2.05) is 13.0 Å². The molecular formula is C11H10O2. The van der Waals surface area contributed by atoms with Crippen molar-refractivity contribution in [2.75, 3.05) is 0 Å². The summed E-state index contributed by atoms with van der Waals surface area (Å²) in [6.45, 7) is 1.91. The van der Waals surface area contributed by atoms with Gasteiger partial charge in [0.05, 0.1) is 0 Å². The van der Waals surface area contributed by atoms with Gasteiger partial charge in [-0.3, -0.25) is 4.79 Å². The first kappa shape index (κ1) is 8.05. The summed E-state index contributed by atoms with van der Waals surface area (Å²) in [4.78, 5) is 11.2. The van der Waals surface area contributed by atoms with Crippen molar-refractivity contribution in [2.24, 2.45) is 0 Å². The van der Waals surface area contributed by atoms with Crippen LogP contribution >= 0.6 is 0 Å². The van der Waals surface area contributed by atoms with E-state index in [4.69, 9.17) is 0 Å². The standard InChI is InChI=1S/C11H10O2/c1-7-4-10(13)6-8-5-9(12)2-3-11(7)8/h2-5,12H,6H2,1H3. The number of hydrogen-bond acceptors (Lipinski definition) is 2. The third-order valence-corrected chi connectivity index (χ3v) is 2.26. The van der Waals surface area contributed by atoms with Gasteiger partial charge in [-0.1, -0.05) is 6.07 Å². The second kappa shape index (κ2) is 2.73. The first-order valence-corrected chi connectivity index (χ1v) is 4.20. The Labute approximate surface area is 76.5 Å². The molecule has 0 fully saturated rings. The van der Waals surface area contributed by atoms with Crippen LogP contribution in [0.1, 0.15) is 18.1 Å². The van der Waals surface area contributed by atoms with Crippen LogP contribution in [0.4, 0.5) is 0 Å². The number of benzene rings is 1. The summed E-state index contributed by atoms with van der Waals surface area (Å²) in [7, 11) is 0. The summed E-state index contributed by atoms with van der Waals surface area (Å²) in [6, 6.07) is 5.15. The summed E-state index contributed by atoms with van der Waals surface area (Å²) >= 11 is 0. The number of ketones is 1. The Bertz CT molecular complexity index is 403. The average Bonchev–Trinajstić information content (AvgIpc) is 2.02. The van der Waals surface area contributed by atoms with Gasteiger partial charge in [0, 0.05) is 6.42 Å². The van der Waals surface area contributed by atoms with Gasteiger partial charge in [-0.2, -0.15) is 0 Å². The molecule has 1 aliphatic carbocycles. The van der Waals surface area contributed by atoms with Crippen molar-refractivity contribution >= 4 is 11.4 Å². The van der Waals surface area contributed by atoms with E-state index in [0.29, 0.717) is 6.42 Å². The molecule has 1 aromatic rings. The van der Waals surface area contributed by atoms with E-state index >= 15 is 0 Å². The Kier molecular flexibility index (Phi) is 1.69. The number of aromatic hydroxyl groups is 1. The third-order valence-electron chi connectivity index (χ3n) is 2.26. The van der Waals surface area contributed by atoms with E-state index in [2.05, 4.69) is 0 Å². The van der Waals surface area contributed by atoms with Crippen molar-refractivity contribution in [1.82, 2.24) is 0 Å². The summed E-state index contributed by atoms with van der Waals surface area (Å²) in [6.07, 6.45) is 2.06. The molecule has 0 bridgehead atoms. The minimum atomic E-state index is 0.107. The fourth-order valence-electron chi connectivity index (χ4n) is 1.67. The van der Waals surface area contributed by atoms with Crippen molar-refractivity contribution in [3.8, 4) is 5.75 Å². The van der Waals surface area contributed by atoms with Gasteiger partial charge >= 0.3 is 0 Å². The lowest BCUT2D eigenvalue weighted by Gasteiger charge is -2.13. The highest BCUT2D eigenvalue weighted by atomic mass is 16.3. The zero-order valence-corrected chi connectivity index (χ0v) is 7.37. The van der Waals surface area contributed by atoms with E-state index in [1.54, 1.807) is 18.2 Å². The lowest BCUT2D eigenvalue weighted by atomic mass is 9.91. The van der Waals surface area contributed by atoms with Crippen molar-refractivity contribution in [3.63, 3.8) is 0 Å². The SMILES string of the molecule is CC1=CC(=O)Cc2cc(O)ccc21. The summed E-state index contributed by atoms with van der Waals surface area (Å²) in [5.41, 5.74) is 2.97. The van der Waals surface area contributed by atoms with Crippen LogP contribution in [0, 0.1) is 0 Å². The second-order valence-electron chi connectivity index (χ2n) is 3.31. The van der Waals surface area contributed by atoms with E-state index < -0.39 is 0 Å². The molecule has 2 nitrogen and oxygen atoms in total. The first-order valence-electron chi connectivity index (χ1n) is 4.20. The molecular weight excluding hydrogens is 164 g/mol. The van der Waals surface area contributed by atoms with Gasteiger partial charge in [0.15, 0.2) is 5.78 Å². The van der Waals surface area contributed by atoms with Gasteiger partial charge in [-0.15, -0.1) is 0 Å². The van der Waals surface area contributed by atoms with E-state index in [0.717, 1.165) is 16.7 Å². The third kappa shape index (κ3) is 1.35. The predicted octanol–water partition coefficient (Wildman–Crippen LogP) is 1.92. The molecule has 0 aromatic heterocycles. The molecule has 0 radical (unpaired) electrons. The first-order chi connectivity index (χ1) is 6.16. The molecule has 0 saturated carbocycles. The average molecular weight is 174 g/mol. The summed E-state index contributed by atoms with van der Waals surface area (Å²) < 4.78 is 0. The molecule has 0 aliphatic heterocycles. The molecule has 66 valence electrons. The number of phenols is 1. The Morgan fingerprint density at radius 1 is 1.38 bits per heavy atom. The number of carbonyl (C=O) groups is 1. The molecule has 13 heavy (non-hydrogen) atoms. The van der Waals surface area contributed by atoms with Crippen LogP contribution in [-0.4, -0.2) is 10.9 Å². The van der Waals surface area contributed by atoms with Gasteiger partial charge < -0.3 is 5.11 Å². The molecule has 0 spiro atoms. The zero-order valence-electron chi connectivity index (χ0n) is 7.37. The normalized spacial score (nSPS) is 15.2. The van der Waals surface area contributed by atoms with Gasteiger partial charge in [-0.25, -0.2) is 0 Å². The van der Waals surface area contributed by atoms with Gasteiger partial charge in [0.1, 0.15) is 5.75 Å². The molecule has 1 N–H and O–H groups in total. The fraction of sp³-hybridized carbons (Fsp3) is 0.182. The molecule has 1 aromatic carbocycles. The fourth-order valence-corrected chi connectivity index (χ4v) is 1.67. The molecule has 0 atom stereocenters. The van der Waals surface area contributed by atoms with E-state index in [-0.39, 0.29) is 11.5 Å². The van der Waals surface area contributed by atoms with Crippen molar-refractivity contribution < 1.29 is 9.90 Å². The van der Waals surface area contributed by atoms with Crippen LogP contribution in [0.2, 0.25) is 0 Å². The Balaban J connectivity index is 2.60. The van der Waals surface area contributed by atoms with E-state index in [9.17, 15) is 9.90 Å². The molecule has 2 rings (SSSR count). The number of allylic oxidation sites excluding steroid dienone is 2. The smallest absolute Gasteiger partial charge is 0.160 e. The minimum absolute atomic E-state index is 0.107. The highest BCUT2D eigenvalue weighted by Crippen LogP contribution is 2.27. The van der Waals surface area contributed by atoms with Gasteiger partial charge in [0.2, 0.25) is 0 Å². The van der Waals surface area contributed by atoms with Crippen LogP contribution in [-0.2, 0) is 11.2 Å². The maximum Gasteiger partial charge on any atom is 0.160 e. The molecule has 1 aliphatic rings. The quantitative estimate of drug-likeness (QED) is 0.652. The van der Waals surface area contributed by atoms with Gasteiger partial charge in [-0.05, 0) is 41.8 Å². The summed E-state index contributed by atoms with van der Waals surface area (Å²) in [5.74, 6) is 0.330. The largest absolute Gasteiger partial charge is 0.508 e.